The van der Waals surface area contributed by atoms with Gasteiger partial charge in [-0.05, 0) is 12.1 Å². The summed E-state index contributed by atoms with van der Waals surface area (Å²) < 4.78 is 15.2. The number of hydrogen-bond acceptors (Lipinski definition) is 5. The van der Waals surface area contributed by atoms with Crippen molar-refractivity contribution in [2.24, 2.45) is 0 Å². The maximum atomic E-state index is 14.0. The number of halogens is 1. The lowest BCUT2D eigenvalue weighted by atomic mass is 10.4. The maximum absolute atomic E-state index is 14.0. The SMILES string of the molecule is Nc1nc(CNC(=O)c2nc3ccccn3c2F)cs1. The number of rotatable bonds is 3. The van der Waals surface area contributed by atoms with Crippen molar-refractivity contribution in [3.8, 4) is 0 Å². The van der Waals surface area contributed by atoms with Gasteiger partial charge in [-0.3, -0.25) is 9.20 Å². The topological polar surface area (TPSA) is 85.3 Å². The Kier molecular flexibility index (Phi) is 3.07. The van der Waals surface area contributed by atoms with E-state index in [9.17, 15) is 9.18 Å². The van der Waals surface area contributed by atoms with E-state index in [-0.39, 0.29) is 12.2 Å². The van der Waals surface area contributed by atoms with Crippen molar-refractivity contribution in [1.29, 1.82) is 0 Å². The second kappa shape index (κ2) is 4.89. The molecule has 0 atom stereocenters. The molecule has 6 nitrogen and oxygen atoms in total. The van der Waals surface area contributed by atoms with Gasteiger partial charge in [0, 0.05) is 11.6 Å². The summed E-state index contributed by atoms with van der Waals surface area (Å²) in [5, 5.41) is 4.72. The third-order valence-electron chi connectivity index (χ3n) is 2.69. The van der Waals surface area contributed by atoms with Gasteiger partial charge < -0.3 is 11.1 Å². The number of thiazole rings is 1. The molecule has 0 spiro atoms. The monoisotopic (exact) mass is 291 g/mol. The molecule has 3 heterocycles. The predicted molar refractivity (Wildman–Crippen MR) is 72.8 cm³/mol. The second-order valence-electron chi connectivity index (χ2n) is 4.04. The number of anilines is 1. The van der Waals surface area contributed by atoms with Crippen molar-refractivity contribution >= 4 is 28.0 Å². The van der Waals surface area contributed by atoms with Crippen LogP contribution in [0.25, 0.3) is 5.65 Å². The minimum Gasteiger partial charge on any atom is -0.375 e. The number of nitrogen functional groups attached to an aromatic ring is 1. The highest BCUT2D eigenvalue weighted by Crippen LogP contribution is 2.12. The van der Waals surface area contributed by atoms with Gasteiger partial charge in [-0.2, -0.15) is 4.39 Å². The predicted octanol–water partition coefficient (Wildman–Crippen LogP) is 1.44. The molecule has 3 aromatic heterocycles. The van der Waals surface area contributed by atoms with E-state index in [1.165, 1.54) is 21.9 Å². The Morgan fingerprint density at radius 3 is 3.00 bits per heavy atom. The molecule has 3 rings (SSSR count). The number of pyridine rings is 1. The van der Waals surface area contributed by atoms with Crippen LogP contribution < -0.4 is 11.1 Å². The fraction of sp³-hybridized carbons (Fsp3) is 0.0833. The highest BCUT2D eigenvalue weighted by atomic mass is 32.1. The number of hydrogen-bond donors (Lipinski definition) is 2. The smallest absolute Gasteiger partial charge is 0.275 e. The van der Waals surface area contributed by atoms with Gasteiger partial charge in [0.25, 0.3) is 5.91 Å². The molecule has 0 bridgehead atoms. The van der Waals surface area contributed by atoms with Crippen LogP contribution in [0.1, 0.15) is 16.2 Å². The molecule has 8 heteroatoms. The summed E-state index contributed by atoms with van der Waals surface area (Å²) in [5.41, 5.74) is 6.27. The van der Waals surface area contributed by atoms with Gasteiger partial charge >= 0.3 is 0 Å². The first-order chi connectivity index (χ1) is 9.65. The number of nitrogens with zero attached hydrogens (tertiary/aromatic N) is 3. The highest BCUT2D eigenvalue weighted by molar-refractivity contribution is 7.13. The Morgan fingerprint density at radius 2 is 2.30 bits per heavy atom. The molecular weight excluding hydrogens is 281 g/mol. The fourth-order valence-electron chi connectivity index (χ4n) is 1.77. The normalized spacial score (nSPS) is 10.8. The van der Waals surface area contributed by atoms with E-state index in [0.717, 1.165) is 0 Å². The Labute approximate surface area is 117 Å². The van der Waals surface area contributed by atoms with E-state index in [0.29, 0.717) is 16.5 Å². The number of aromatic nitrogens is 3. The summed E-state index contributed by atoms with van der Waals surface area (Å²) >= 11 is 1.28. The molecular formula is C12H10FN5OS. The summed E-state index contributed by atoms with van der Waals surface area (Å²) in [4.78, 5) is 19.9. The fourth-order valence-corrected chi connectivity index (χ4v) is 2.33. The molecule has 0 unspecified atom stereocenters. The van der Waals surface area contributed by atoms with Crippen molar-refractivity contribution in [3.63, 3.8) is 0 Å². The average molecular weight is 291 g/mol. The van der Waals surface area contributed by atoms with Gasteiger partial charge in [0.15, 0.2) is 10.8 Å². The van der Waals surface area contributed by atoms with E-state index in [1.54, 1.807) is 23.6 Å². The van der Waals surface area contributed by atoms with Crippen LogP contribution in [0, 0.1) is 5.95 Å². The van der Waals surface area contributed by atoms with Gasteiger partial charge in [-0.1, -0.05) is 6.07 Å². The van der Waals surface area contributed by atoms with Gasteiger partial charge in [0.1, 0.15) is 5.65 Å². The van der Waals surface area contributed by atoms with Crippen molar-refractivity contribution in [1.82, 2.24) is 19.7 Å². The number of carbonyl (C=O) groups is 1. The minimum atomic E-state index is -0.684. The zero-order chi connectivity index (χ0) is 14.1. The van der Waals surface area contributed by atoms with Crippen LogP contribution in [0.15, 0.2) is 29.8 Å². The lowest BCUT2D eigenvalue weighted by Crippen LogP contribution is -2.24. The Morgan fingerprint density at radius 1 is 1.45 bits per heavy atom. The Bertz CT molecular complexity index is 781. The maximum Gasteiger partial charge on any atom is 0.275 e. The van der Waals surface area contributed by atoms with E-state index in [2.05, 4.69) is 15.3 Å². The number of amides is 1. The van der Waals surface area contributed by atoms with E-state index < -0.39 is 11.9 Å². The number of nitrogens with two attached hydrogens (primary N) is 1. The van der Waals surface area contributed by atoms with Gasteiger partial charge in [-0.25, -0.2) is 9.97 Å². The molecule has 0 saturated carbocycles. The van der Waals surface area contributed by atoms with Crippen LogP contribution in [0.2, 0.25) is 0 Å². The van der Waals surface area contributed by atoms with E-state index in [1.807, 2.05) is 0 Å². The molecule has 0 aliphatic carbocycles. The number of fused-ring (bicyclic) bond motifs is 1. The van der Waals surface area contributed by atoms with Crippen molar-refractivity contribution in [2.45, 2.75) is 6.54 Å². The second-order valence-corrected chi connectivity index (χ2v) is 4.93. The van der Waals surface area contributed by atoms with Crippen LogP contribution in [0.4, 0.5) is 9.52 Å². The van der Waals surface area contributed by atoms with Crippen LogP contribution in [0.3, 0.4) is 0 Å². The van der Waals surface area contributed by atoms with Crippen molar-refractivity contribution in [2.75, 3.05) is 5.73 Å². The summed E-state index contributed by atoms with van der Waals surface area (Å²) in [7, 11) is 0. The van der Waals surface area contributed by atoms with Crippen LogP contribution in [-0.4, -0.2) is 20.3 Å². The van der Waals surface area contributed by atoms with E-state index in [4.69, 9.17) is 5.73 Å². The summed E-state index contributed by atoms with van der Waals surface area (Å²) in [6, 6.07) is 5.01. The van der Waals surface area contributed by atoms with Gasteiger partial charge in [0.05, 0.1) is 12.2 Å². The standard InChI is InChI=1S/C12H10FN5OS/c13-10-9(17-8-3-1-2-4-18(8)10)11(19)15-5-7-6-20-12(14)16-7/h1-4,6H,5H2,(H2,14,16)(H,15,19). The first-order valence-corrected chi connectivity index (χ1v) is 6.64. The largest absolute Gasteiger partial charge is 0.375 e. The van der Waals surface area contributed by atoms with Crippen molar-refractivity contribution in [3.05, 3.63) is 47.1 Å². The number of imidazole rings is 1. The molecule has 0 aliphatic heterocycles. The molecule has 0 saturated heterocycles. The van der Waals surface area contributed by atoms with Gasteiger partial charge in [0.2, 0.25) is 5.95 Å². The van der Waals surface area contributed by atoms with E-state index >= 15 is 0 Å². The zero-order valence-electron chi connectivity index (χ0n) is 10.2. The third-order valence-corrected chi connectivity index (χ3v) is 3.41. The average Bonchev–Trinajstić information content (AvgIpc) is 3.01. The third kappa shape index (κ3) is 2.21. The summed E-state index contributed by atoms with van der Waals surface area (Å²) in [6.07, 6.45) is 1.51. The first-order valence-electron chi connectivity index (χ1n) is 5.76. The number of carbonyl (C=O) groups excluding carboxylic acids is 1. The molecule has 3 aromatic rings. The summed E-state index contributed by atoms with van der Waals surface area (Å²) in [6.45, 7) is 0.180. The van der Waals surface area contributed by atoms with Crippen molar-refractivity contribution < 1.29 is 9.18 Å². The van der Waals surface area contributed by atoms with Gasteiger partial charge in [-0.15, -0.1) is 11.3 Å². The van der Waals surface area contributed by atoms with Crippen LogP contribution in [-0.2, 0) is 6.54 Å². The number of nitrogens with one attached hydrogen (secondary N) is 1. The molecule has 0 aromatic carbocycles. The summed E-state index contributed by atoms with van der Waals surface area (Å²) in [5.74, 6) is -1.27. The molecule has 20 heavy (non-hydrogen) atoms. The quantitative estimate of drug-likeness (QED) is 0.764. The lowest BCUT2D eigenvalue weighted by Gasteiger charge is -2.00. The van der Waals surface area contributed by atoms with Crippen LogP contribution in [0.5, 0.6) is 0 Å². The molecule has 0 aliphatic rings. The molecule has 102 valence electrons. The highest BCUT2D eigenvalue weighted by Gasteiger charge is 2.18. The molecule has 1 amide bonds. The molecule has 0 radical (unpaired) electrons. The molecule has 0 fully saturated rings. The van der Waals surface area contributed by atoms with Crippen LogP contribution >= 0.6 is 11.3 Å². The zero-order valence-corrected chi connectivity index (χ0v) is 11.0. The lowest BCUT2D eigenvalue weighted by molar-refractivity contribution is 0.0941. The first kappa shape index (κ1) is 12.5. The Hall–Kier alpha value is -2.48. The minimum absolute atomic E-state index is 0.180. The molecule has 3 N–H and O–H groups in total. The Balaban J connectivity index is 1.80.